The maximum absolute atomic E-state index is 5.92. The number of nitrogens with two attached hydrogens (primary N) is 1. The molecule has 5 heteroatoms. The second kappa shape index (κ2) is 5.64. The Morgan fingerprint density at radius 2 is 2.00 bits per heavy atom. The first-order valence-corrected chi connectivity index (χ1v) is 5.92. The zero-order valence-electron chi connectivity index (χ0n) is 10.5. The Morgan fingerprint density at radius 1 is 1.28 bits per heavy atom. The minimum absolute atomic E-state index is 0.233. The Labute approximate surface area is 106 Å². The first-order chi connectivity index (χ1) is 8.66. The molecule has 0 radical (unpaired) electrons. The van der Waals surface area contributed by atoms with Gasteiger partial charge in [-0.1, -0.05) is 37.2 Å². The van der Waals surface area contributed by atoms with Crippen molar-refractivity contribution in [1.29, 1.82) is 0 Å². The maximum atomic E-state index is 5.92. The van der Waals surface area contributed by atoms with E-state index in [-0.39, 0.29) is 18.6 Å². The molecule has 0 aliphatic carbocycles. The van der Waals surface area contributed by atoms with Gasteiger partial charge in [-0.25, -0.2) is 0 Å². The zero-order valence-corrected chi connectivity index (χ0v) is 10.5. The van der Waals surface area contributed by atoms with Crippen molar-refractivity contribution < 1.29 is 9.26 Å². The highest BCUT2D eigenvalue weighted by Crippen LogP contribution is 2.17. The van der Waals surface area contributed by atoms with Gasteiger partial charge in [0.15, 0.2) is 6.61 Å². The highest BCUT2D eigenvalue weighted by molar-refractivity contribution is 5.20. The number of para-hydroxylation sites is 1. The van der Waals surface area contributed by atoms with Crippen LogP contribution in [0.3, 0.4) is 0 Å². The third-order valence-electron chi connectivity index (χ3n) is 2.60. The van der Waals surface area contributed by atoms with E-state index >= 15 is 0 Å². The first kappa shape index (κ1) is 12.6. The van der Waals surface area contributed by atoms with Crippen LogP contribution in [0.1, 0.15) is 31.6 Å². The molecule has 5 nitrogen and oxygen atoms in total. The van der Waals surface area contributed by atoms with Crippen LogP contribution in [0.4, 0.5) is 0 Å². The first-order valence-electron chi connectivity index (χ1n) is 5.92. The van der Waals surface area contributed by atoms with E-state index in [9.17, 15) is 0 Å². The van der Waals surface area contributed by atoms with Crippen molar-refractivity contribution in [2.24, 2.45) is 11.7 Å². The van der Waals surface area contributed by atoms with Gasteiger partial charge in [-0.3, -0.25) is 0 Å². The average Bonchev–Trinajstić information content (AvgIpc) is 2.85. The monoisotopic (exact) mass is 247 g/mol. The summed E-state index contributed by atoms with van der Waals surface area (Å²) in [5.74, 6) is 1.99. The van der Waals surface area contributed by atoms with Crippen LogP contribution in [0.15, 0.2) is 34.9 Å². The molecule has 0 saturated carbocycles. The molecule has 1 aromatic heterocycles. The average molecular weight is 247 g/mol. The molecule has 0 aliphatic heterocycles. The predicted octanol–water partition coefficient (Wildman–Crippen LogP) is 2.30. The lowest BCUT2D eigenvalue weighted by Gasteiger charge is -2.09. The third-order valence-corrected chi connectivity index (χ3v) is 2.60. The fourth-order valence-corrected chi connectivity index (χ4v) is 1.41. The lowest BCUT2D eigenvalue weighted by molar-refractivity contribution is 0.281. The Kier molecular flexibility index (Phi) is 3.94. The second-order valence-electron chi connectivity index (χ2n) is 4.42. The fourth-order valence-electron chi connectivity index (χ4n) is 1.41. The minimum atomic E-state index is -0.233. The van der Waals surface area contributed by atoms with E-state index in [1.807, 2.05) is 44.2 Å². The molecule has 2 aromatic rings. The molecular weight excluding hydrogens is 230 g/mol. The number of rotatable bonds is 5. The molecule has 0 bridgehead atoms. The summed E-state index contributed by atoms with van der Waals surface area (Å²) >= 11 is 0. The van der Waals surface area contributed by atoms with Crippen LogP contribution >= 0.6 is 0 Å². The molecule has 2 rings (SSSR count). The van der Waals surface area contributed by atoms with Crippen molar-refractivity contribution in [3.63, 3.8) is 0 Å². The van der Waals surface area contributed by atoms with E-state index in [2.05, 4.69) is 10.1 Å². The van der Waals surface area contributed by atoms with Gasteiger partial charge >= 0.3 is 0 Å². The number of hydrogen-bond donors (Lipinski definition) is 1. The van der Waals surface area contributed by atoms with Crippen molar-refractivity contribution in [3.8, 4) is 5.75 Å². The van der Waals surface area contributed by atoms with E-state index in [1.165, 1.54) is 0 Å². The van der Waals surface area contributed by atoms with Crippen molar-refractivity contribution in [1.82, 2.24) is 10.1 Å². The minimum Gasteiger partial charge on any atom is -0.485 e. The van der Waals surface area contributed by atoms with Gasteiger partial charge in [0.05, 0.1) is 6.04 Å². The van der Waals surface area contributed by atoms with Gasteiger partial charge in [-0.05, 0) is 18.1 Å². The molecule has 1 aromatic carbocycles. The van der Waals surface area contributed by atoms with Crippen LogP contribution in [-0.4, -0.2) is 10.1 Å². The lowest BCUT2D eigenvalue weighted by atomic mass is 10.1. The van der Waals surface area contributed by atoms with E-state index in [4.69, 9.17) is 15.0 Å². The van der Waals surface area contributed by atoms with E-state index in [0.29, 0.717) is 11.7 Å². The van der Waals surface area contributed by atoms with Crippen LogP contribution in [0.2, 0.25) is 0 Å². The molecule has 2 N–H and O–H groups in total. The van der Waals surface area contributed by atoms with Crippen LogP contribution in [0.25, 0.3) is 0 Å². The van der Waals surface area contributed by atoms with E-state index in [0.717, 1.165) is 5.75 Å². The molecule has 18 heavy (non-hydrogen) atoms. The Morgan fingerprint density at radius 3 is 2.67 bits per heavy atom. The molecular formula is C13H17N3O2. The maximum Gasteiger partial charge on any atom is 0.243 e. The van der Waals surface area contributed by atoms with Crippen molar-refractivity contribution in [2.75, 3.05) is 0 Å². The van der Waals surface area contributed by atoms with Gasteiger partial charge in [0.25, 0.3) is 0 Å². The molecule has 1 heterocycles. The summed E-state index contributed by atoms with van der Waals surface area (Å²) < 4.78 is 10.6. The quantitative estimate of drug-likeness (QED) is 0.877. The summed E-state index contributed by atoms with van der Waals surface area (Å²) in [5.41, 5.74) is 5.92. The van der Waals surface area contributed by atoms with E-state index in [1.54, 1.807) is 0 Å². The van der Waals surface area contributed by atoms with Gasteiger partial charge in [0.2, 0.25) is 11.7 Å². The Bertz CT molecular complexity index is 482. The number of ether oxygens (including phenoxy) is 1. The van der Waals surface area contributed by atoms with Gasteiger partial charge in [0.1, 0.15) is 5.75 Å². The van der Waals surface area contributed by atoms with Crippen molar-refractivity contribution in [3.05, 3.63) is 42.0 Å². The largest absolute Gasteiger partial charge is 0.485 e. The SMILES string of the molecule is CC(C)C(N)c1nc(COc2ccccc2)no1. The molecule has 0 amide bonds. The number of aromatic nitrogens is 2. The molecule has 0 saturated heterocycles. The number of hydrogen-bond acceptors (Lipinski definition) is 5. The number of benzene rings is 1. The van der Waals surface area contributed by atoms with Crippen molar-refractivity contribution >= 4 is 0 Å². The van der Waals surface area contributed by atoms with E-state index < -0.39 is 0 Å². The van der Waals surface area contributed by atoms with Crippen LogP contribution in [0, 0.1) is 5.92 Å². The topological polar surface area (TPSA) is 74.2 Å². The molecule has 0 spiro atoms. The summed E-state index contributed by atoms with van der Waals surface area (Å²) in [4.78, 5) is 4.22. The highest BCUT2D eigenvalue weighted by atomic mass is 16.5. The molecule has 96 valence electrons. The lowest BCUT2D eigenvalue weighted by Crippen LogP contribution is -2.17. The Balaban J connectivity index is 1.95. The Hall–Kier alpha value is -1.88. The summed E-state index contributed by atoms with van der Waals surface area (Å²) in [6.45, 7) is 4.29. The standard InChI is InChI=1S/C13H17N3O2/c1-9(2)12(14)13-15-11(16-18-13)8-17-10-6-4-3-5-7-10/h3-7,9,12H,8,14H2,1-2H3. The summed E-state index contributed by atoms with van der Waals surface area (Å²) in [6.07, 6.45) is 0. The van der Waals surface area contributed by atoms with Gasteiger partial charge < -0.3 is 15.0 Å². The highest BCUT2D eigenvalue weighted by Gasteiger charge is 2.18. The fraction of sp³-hybridized carbons (Fsp3) is 0.385. The molecule has 0 aliphatic rings. The smallest absolute Gasteiger partial charge is 0.243 e. The van der Waals surface area contributed by atoms with Crippen molar-refractivity contribution in [2.45, 2.75) is 26.5 Å². The van der Waals surface area contributed by atoms with Gasteiger partial charge in [-0.15, -0.1) is 0 Å². The predicted molar refractivity (Wildman–Crippen MR) is 66.8 cm³/mol. The summed E-state index contributed by atoms with van der Waals surface area (Å²) in [6, 6.07) is 9.27. The van der Waals surface area contributed by atoms with Gasteiger partial charge in [0, 0.05) is 0 Å². The summed E-state index contributed by atoms with van der Waals surface area (Å²) in [7, 11) is 0. The van der Waals surface area contributed by atoms with Crippen LogP contribution < -0.4 is 10.5 Å². The number of nitrogens with zero attached hydrogens (tertiary/aromatic N) is 2. The van der Waals surface area contributed by atoms with Crippen LogP contribution in [0.5, 0.6) is 5.75 Å². The van der Waals surface area contributed by atoms with Gasteiger partial charge in [-0.2, -0.15) is 4.98 Å². The molecule has 0 fully saturated rings. The normalized spacial score (nSPS) is 12.7. The zero-order chi connectivity index (χ0) is 13.0. The second-order valence-corrected chi connectivity index (χ2v) is 4.42. The summed E-state index contributed by atoms with van der Waals surface area (Å²) in [5, 5.41) is 3.84. The molecule has 1 atom stereocenters. The molecule has 1 unspecified atom stereocenters. The van der Waals surface area contributed by atoms with Crippen LogP contribution in [-0.2, 0) is 6.61 Å². The third kappa shape index (κ3) is 3.07.